The van der Waals surface area contributed by atoms with E-state index in [2.05, 4.69) is 10.2 Å². The fourth-order valence-electron chi connectivity index (χ4n) is 1.72. The van der Waals surface area contributed by atoms with Crippen molar-refractivity contribution in [2.45, 2.75) is 19.4 Å². The zero-order chi connectivity index (χ0) is 15.1. The molecule has 0 radical (unpaired) electrons. The van der Waals surface area contributed by atoms with Crippen molar-refractivity contribution in [3.05, 3.63) is 41.6 Å². The molecule has 1 N–H and O–H groups in total. The van der Waals surface area contributed by atoms with Crippen molar-refractivity contribution in [1.82, 2.24) is 10.2 Å². The highest BCUT2D eigenvalue weighted by atomic mass is 16.5. The SMILES string of the molecule is COc1ccc(CCc2nnc(COCC(=O)O)o2)cc1. The van der Waals surface area contributed by atoms with E-state index in [1.165, 1.54) is 0 Å². The van der Waals surface area contributed by atoms with E-state index in [1.54, 1.807) is 7.11 Å². The number of nitrogens with zero attached hydrogens (tertiary/aromatic N) is 2. The Hall–Kier alpha value is -2.41. The van der Waals surface area contributed by atoms with Gasteiger partial charge in [0.25, 0.3) is 0 Å². The quantitative estimate of drug-likeness (QED) is 0.787. The molecule has 2 rings (SSSR count). The van der Waals surface area contributed by atoms with Crippen molar-refractivity contribution in [1.29, 1.82) is 0 Å². The number of carboxylic acids is 1. The minimum Gasteiger partial charge on any atom is -0.497 e. The molecule has 0 spiro atoms. The summed E-state index contributed by atoms with van der Waals surface area (Å²) in [4.78, 5) is 10.3. The van der Waals surface area contributed by atoms with Gasteiger partial charge in [0.15, 0.2) is 0 Å². The number of benzene rings is 1. The molecule has 0 aliphatic heterocycles. The average molecular weight is 292 g/mol. The molecule has 1 heterocycles. The number of aryl methyl sites for hydroxylation is 2. The zero-order valence-electron chi connectivity index (χ0n) is 11.6. The van der Waals surface area contributed by atoms with Gasteiger partial charge in [0.2, 0.25) is 11.8 Å². The van der Waals surface area contributed by atoms with Gasteiger partial charge in [-0.3, -0.25) is 0 Å². The summed E-state index contributed by atoms with van der Waals surface area (Å²) in [6.07, 6.45) is 1.37. The monoisotopic (exact) mass is 292 g/mol. The molecule has 0 aliphatic rings. The van der Waals surface area contributed by atoms with Crippen LogP contribution in [0.15, 0.2) is 28.7 Å². The summed E-state index contributed by atoms with van der Waals surface area (Å²) in [6.45, 7) is -0.384. The van der Waals surface area contributed by atoms with Crippen LogP contribution in [0.2, 0.25) is 0 Å². The normalized spacial score (nSPS) is 10.5. The van der Waals surface area contributed by atoms with Crippen molar-refractivity contribution >= 4 is 5.97 Å². The van der Waals surface area contributed by atoms with Gasteiger partial charge >= 0.3 is 5.97 Å². The maximum absolute atomic E-state index is 10.3. The first-order chi connectivity index (χ1) is 10.2. The summed E-state index contributed by atoms with van der Waals surface area (Å²) in [5, 5.41) is 16.1. The number of hydrogen-bond acceptors (Lipinski definition) is 6. The van der Waals surface area contributed by atoms with Crippen LogP contribution in [-0.2, 0) is 29.0 Å². The molecule has 0 amide bonds. The Bertz CT molecular complexity index is 579. The predicted octanol–water partition coefficient (Wildman–Crippen LogP) is 1.46. The average Bonchev–Trinajstić information content (AvgIpc) is 2.93. The Balaban J connectivity index is 1.80. The Morgan fingerprint density at radius 1 is 1.19 bits per heavy atom. The summed E-state index contributed by atoms with van der Waals surface area (Å²) < 4.78 is 15.3. The fraction of sp³-hybridized carbons (Fsp3) is 0.357. The van der Waals surface area contributed by atoms with E-state index in [-0.39, 0.29) is 19.1 Å². The molecule has 0 saturated carbocycles. The highest BCUT2D eigenvalue weighted by Crippen LogP contribution is 2.13. The number of carbonyl (C=O) groups is 1. The lowest BCUT2D eigenvalue weighted by Gasteiger charge is -2.01. The van der Waals surface area contributed by atoms with Crippen molar-refractivity contribution in [3.8, 4) is 5.75 Å². The number of aromatic nitrogens is 2. The van der Waals surface area contributed by atoms with Crippen molar-refractivity contribution in [3.63, 3.8) is 0 Å². The fourth-order valence-corrected chi connectivity index (χ4v) is 1.72. The van der Waals surface area contributed by atoms with Gasteiger partial charge in [-0.2, -0.15) is 0 Å². The van der Waals surface area contributed by atoms with E-state index < -0.39 is 5.97 Å². The molecule has 112 valence electrons. The third-order valence-electron chi connectivity index (χ3n) is 2.75. The molecular weight excluding hydrogens is 276 g/mol. The smallest absolute Gasteiger partial charge is 0.329 e. The van der Waals surface area contributed by atoms with Crippen LogP contribution in [0.25, 0.3) is 0 Å². The van der Waals surface area contributed by atoms with Crippen LogP contribution in [0.4, 0.5) is 0 Å². The molecule has 1 aromatic carbocycles. The summed E-state index contributed by atoms with van der Waals surface area (Å²) in [6, 6.07) is 7.75. The molecule has 2 aromatic rings. The first-order valence-corrected chi connectivity index (χ1v) is 6.41. The van der Waals surface area contributed by atoms with Crippen molar-refractivity contribution < 1.29 is 23.8 Å². The molecule has 0 fully saturated rings. The third-order valence-corrected chi connectivity index (χ3v) is 2.75. The predicted molar refractivity (Wildman–Crippen MR) is 72.0 cm³/mol. The highest BCUT2D eigenvalue weighted by Gasteiger charge is 2.07. The lowest BCUT2D eigenvalue weighted by atomic mass is 10.1. The maximum atomic E-state index is 10.3. The first kappa shape index (κ1) is 15.0. The van der Waals surface area contributed by atoms with Gasteiger partial charge in [0.05, 0.1) is 7.11 Å². The van der Waals surface area contributed by atoms with E-state index in [4.69, 9.17) is 19.0 Å². The molecular formula is C14H16N2O5. The van der Waals surface area contributed by atoms with Gasteiger partial charge in [-0.15, -0.1) is 10.2 Å². The second kappa shape index (κ2) is 7.39. The van der Waals surface area contributed by atoms with Crippen molar-refractivity contribution in [2.75, 3.05) is 13.7 Å². The van der Waals surface area contributed by atoms with Gasteiger partial charge in [-0.1, -0.05) is 12.1 Å². The Labute approximate surface area is 121 Å². The molecule has 0 unspecified atom stereocenters. The van der Waals surface area contributed by atoms with Gasteiger partial charge in [0, 0.05) is 6.42 Å². The number of aliphatic carboxylic acids is 1. The van der Waals surface area contributed by atoms with Gasteiger partial charge in [-0.05, 0) is 24.1 Å². The lowest BCUT2D eigenvalue weighted by molar-refractivity contribution is -0.142. The third kappa shape index (κ3) is 4.88. The van der Waals surface area contributed by atoms with Gasteiger partial charge in [0.1, 0.15) is 19.0 Å². The number of hydrogen-bond donors (Lipinski definition) is 1. The Morgan fingerprint density at radius 3 is 2.57 bits per heavy atom. The van der Waals surface area contributed by atoms with E-state index in [1.807, 2.05) is 24.3 Å². The van der Waals surface area contributed by atoms with Crippen LogP contribution in [0.1, 0.15) is 17.3 Å². The number of carboxylic acid groups (broad SMARTS) is 1. The second-order valence-corrected chi connectivity index (χ2v) is 4.32. The van der Waals surface area contributed by atoms with Crippen LogP contribution >= 0.6 is 0 Å². The van der Waals surface area contributed by atoms with E-state index >= 15 is 0 Å². The molecule has 0 atom stereocenters. The second-order valence-electron chi connectivity index (χ2n) is 4.32. The first-order valence-electron chi connectivity index (χ1n) is 6.41. The number of ether oxygens (including phenoxy) is 2. The lowest BCUT2D eigenvalue weighted by Crippen LogP contribution is -2.06. The summed E-state index contributed by atoms with van der Waals surface area (Å²) in [5.74, 6) is 0.560. The van der Waals surface area contributed by atoms with Crippen molar-refractivity contribution in [2.24, 2.45) is 0 Å². The molecule has 1 aromatic heterocycles. The summed E-state index contributed by atoms with van der Waals surface area (Å²) >= 11 is 0. The Morgan fingerprint density at radius 2 is 1.90 bits per heavy atom. The molecule has 7 heteroatoms. The molecule has 7 nitrogen and oxygen atoms in total. The van der Waals surface area contributed by atoms with E-state index in [9.17, 15) is 4.79 Å². The van der Waals surface area contributed by atoms with E-state index in [0.717, 1.165) is 17.7 Å². The highest BCUT2D eigenvalue weighted by molar-refractivity contribution is 5.67. The molecule has 0 saturated heterocycles. The number of rotatable bonds is 8. The van der Waals surface area contributed by atoms with Crippen LogP contribution in [-0.4, -0.2) is 35.0 Å². The van der Waals surface area contributed by atoms with Crippen LogP contribution < -0.4 is 4.74 Å². The minimum atomic E-state index is -1.03. The number of methoxy groups -OCH3 is 1. The molecule has 0 aliphatic carbocycles. The molecule has 21 heavy (non-hydrogen) atoms. The summed E-state index contributed by atoms with van der Waals surface area (Å²) in [7, 11) is 1.63. The minimum absolute atomic E-state index is 0.00182. The van der Waals surface area contributed by atoms with Crippen LogP contribution in [0.3, 0.4) is 0 Å². The standard InChI is InChI=1S/C14H16N2O5/c1-19-11-5-2-10(3-6-11)4-7-12-15-16-13(21-12)8-20-9-14(17)18/h2-3,5-6H,4,7-9H2,1H3,(H,17,18). The zero-order valence-corrected chi connectivity index (χ0v) is 11.6. The van der Waals surface area contributed by atoms with Gasteiger partial charge in [-0.25, -0.2) is 4.79 Å². The maximum Gasteiger partial charge on any atom is 0.329 e. The van der Waals surface area contributed by atoms with Gasteiger partial charge < -0.3 is 19.0 Å². The van der Waals surface area contributed by atoms with Crippen LogP contribution in [0, 0.1) is 0 Å². The Kier molecular flexibility index (Phi) is 5.28. The topological polar surface area (TPSA) is 94.7 Å². The molecule has 0 bridgehead atoms. The largest absolute Gasteiger partial charge is 0.497 e. The summed E-state index contributed by atoms with van der Waals surface area (Å²) in [5.41, 5.74) is 1.14. The van der Waals surface area contributed by atoms with Crippen LogP contribution in [0.5, 0.6) is 5.75 Å². The van der Waals surface area contributed by atoms with E-state index in [0.29, 0.717) is 12.3 Å².